The molecular formula is C5H9IO3. The van der Waals surface area contributed by atoms with Gasteiger partial charge in [-0.15, -0.1) is 0 Å². The lowest BCUT2D eigenvalue weighted by Gasteiger charge is -1.63. The lowest BCUT2D eigenvalue weighted by atomic mass is 10.6. The van der Waals surface area contributed by atoms with E-state index in [1.54, 1.807) is 0 Å². The van der Waals surface area contributed by atoms with E-state index in [0.29, 0.717) is 0 Å². The van der Waals surface area contributed by atoms with E-state index in [0.717, 1.165) is 4.43 Å². The minimum atomic E-state index is -1.83. The van der Waals surface area contributed by atoms with Crippen LogP contribution in [0.2, 0.25) is 0 Å². The molecule has 0 unspecified atom stereocenters. The van der Waals surface area contributed by atoms with Gasteiger partial charge in [-0.1, -0.05) is 34.7 Å². The van der Waals surface area contributed by atoms with E-state index in [2.05, 4.69) is 28.7 Å². The van der Waals surface area contributed by atoms with Crippen LogP contribution in [0.4, 0.5) is 4.79 Å². The number of halogens is 1. The number of allylic oxidation sites excluding steroid dienone is 2. The van der Waals surface area contributed by atoms with Crippen molar-refractivity contribution in [2.45, 2.75) is 6.92 Å². The zero-order valence-electron chi connectivity index (χ0n) is 5.04. The van der Waals surface area contributed by atoms with Gasteiger partial charge in [0.1, 0.15) is 0 Å². The average molecular weight is 244 g/mol. The minimum absolute atomic E-state index is 1.13. The molecule has 0 bridgehead atoms. The van der Waals surface area contributed by atoms with Crippen molar-refractivity contribution in [3.63, 3.8) is 0 Å². The first kappa shape index (κ1) is 11.5. The summed E-state index contributed by atoms with van der Waals surface area (Å²) in [5, 5.41) is 13.9. The van der Waals surface area contributed by atoms with E-state index in [1.807, 2.05) is 13.0 Å². The Balaban J connectivity index is 0. The molecule has 0 atom stereocenters. The van der Waals surface area contributed by atoms with Gasteiger partial charge in [-0.3, -0.25) is 0 Å². The van der Waals surface area contributed by atoms with E-state index in [4.69, 9.17) is 15.0 Å². The van der Waals surface area contributed by atoms with E-state index in [-0.39, 0.29) is 0 Å². The fraction of sp³-hybridized carbons (Fsp3) is 0.400. The minimum Gasteiger partial charge on any atom is -0.450 e. The number of rotatable bonds is 1. The maximum absolute atomic E-state index is 8.56. The van der Waals surface area contributed by atoms with Crippen molar-refractivity contribution in [1.29, 1.82) is 0 Å². The van der Waals surface area contributed by atoms with Gasteiger partial charge in [0.05, 0.1) is 0 Å². The molecule has 0 aliphatic carbocycles. The van der Waals surface area contributed by atoms with Crippen LogP contribution >= 0.6 is 22.6 Å². The van der Waals surface area contributed by atoms with E-state index < -0.39 is 6.16 Å². The highest BCUT2D eigenvalue weighted by Gasteiger charge is 1.70. The Hall–Kier alpha value is -0.260. The molecule has 0 aromatic heterocycles. The summed E-state index contributed by atoms with van der Waals surface area (Å²) in [6.45, 7) is 2.03. The van der Waals surface area contributed by atoms with Gasteiger partial charge in [0.15, 0.2) is 0 Å². The normalized spacial score (nSPS) is 8.22. The van der Waals surface area contributed by atoms with Gasteiger partial charge in [-0.05, 0) is 6.92 Å². The van der Waals surface area contributed by atoms with Crippen molar-refractivity contribution in [3.8, 4) is 0 Å². The Morgan fingerprint density at radius 3 is 2.00 bits per heavy atom. The summed E-state index contributed by atoms with van der Waals surface area (Å²) in [6, 6.07) is 0. The molecule has 0 saturated heterocycles. The van der Waals surface area contributed by atoms with E-state index >= 15 is 0 Å². The second-order valence-corrected chi connectivity index (χ2v) is 1.89. The molecule has 0 aromatic rings. The van der Waals surface area contributed by atoms with Crippen LogP contribution in [0.25, 0.3) is 0 Å². The second kappa shape index (κ2) is 10.7. The summed E-state index contributed by atoms with van der Waals surface area (Å²) in [4.78, 5) is 8.56. The van der Waals surface area contributed by atoms with E-state index in [1.165, 1.54) is 0 Å². The molecule has 0 aliphatic rings. The van der Waals surface area contributed by atoms with E-state index in [9.17, 15) is 0 Å². The number of hydrogen-bond donors (Lipinski definition) is 2. The summed E-state index contributed by atoms with van der Waals surface area (Å²) in [6.07, 6.45) is 2.33. The fourth-order valence-corrected chi connectivity index (χ4v) is 0.598. The molecule has 0 fully saturated rings. The maximum atomic E-state index is 8.56. The molecule has 54 valence electrons. The topological polar surface area (TPSA) is 57.5 Å². The molecule has 0 amide bonds. The van der Waals surface area contributed by atoms with Gasteiger partial charge in [0, 0.05) is 4.43 Å². The summed E-state index contributed by atoms with van der Waals surface area (Å²) >= 11 is 2.30. The summed E-state index contributed by atoms with van der Waals surface area (Å²) < 4.78 is 1.13. The number of carbonyl (C=O) groups is 1. The van der Waals surface area contributed by atoms with Gasteiger partial charge in [0.2, 0.25) is 0 Å². The molecule has 0 rings (SSSR count). The van der Waals surface area contributed by atoms with Crippen LogP contribution in [0.15, 0.2) is 12.2 Å². The number of hydrogen-bond acceptors (Lipinski definition) is 1. The molecule has 0 aromatic carbocycles. The largest absolute Gasteiger partial charge is 0.503 e. The van der Waals surface area contributed by atoms with Crippen molar-refractivity contribution in [1.82, 2.24) is 0 Å². The molecule has 0 aliphatic heterocycles. The molecule has 0 heterocycles. The smallest absolute Gasteiger partial charge is 0.450 e. The van der Waals surface area contributed by atoms with Gasteiger partial charge < -0.3 is 10.2 Å². The number of carboxylic acid groups (broad SMARTS) is 2. The third-order valence-corrected chi connectivity index (χ3v) is 0.833. The molecule has 3 nitrogen and oxygen atoms in total. The van der Waals surface area contributed by atoms with Crippen LogP contribution in [0.3, 0.4) is 0 Å². The monoisotopic (exact) mass is 244 g/mol. The predicted octanol–water partition coefficient (Wildman–Crippen LogP) is 2.22. The Morgan fingerprint density at radius 1 is 1.67 bits per heavy atom. The Bertz CT molecular complexity index is 86.2. The van der Waals surface area contributed by atoms with Crippen LogP contribution in [0.5, 0.6) is 0 Å². The third kappa shape index (κ3) is 84.2. The van der Waals surface area contributed by atoms with Gasteiger partial charge in [-0.2, -0.15) is 0 Å². The highest BCUT2D eigenvalue weighted by atomic mass is 127. The number of alkyl halides is 1. The van der Waals surface area contributed by atoms with Crippen LogP contribution in [-0.2, 0) is 0 Å². The molecule has 0 radical (unpaired) electrons. The van der Waals surface area contributed by atoms with Crippen molar-refractivity contribution < 1.29 is 15.0 Å². The Kier molecular flexibility index (Phi) is 13.7. The van der Waals surface area contributed by atoms with Gasteiger partial charge in [-0.25, -0.2) is 4.79 Å². The van der Waals surface area contributed by atoms with Crippen LogP contribution in [-0.4, -0.2) is 20.8 Å². The van der Waals surface area contributed by atoms with Crippen molar-refractivity contribution in [2.24, 2.45) is 0 Å². The van der Waals surface area contributed by atoms with Crippen molar-refractivity contribution in [2.75, 3.05) is 4.43 Å². The van der Waals surface area contributed by atoms with Crippen LogP contribution < -0.4 is 0 Å². The first-order valence-corrected chi connectivity index (χ1v) is 3.76. The van der Waals surface area contributed by atoms with Gasteiger partial charge >= 0.3 is 6.16 Å². The van der Waals surface area contributed by atoms with Crippen molar-refractivity contribution >= 4 is 28.7 Å². The quantitative estimate of drug-likeness (QED) is 0.422. The SMILES string of the molecule is CC=CCI.O=C(O)O. The standard InChI is InChI=1S/C4H7I.CH2O3/c1-2-3-4-5;2-1(3)4/h2-3H,4H2,1H3;(H2,2,3,4). The first-order valence-electron chi connectivity index (χ1n) is 2.24. The predicted molar refractivity (Wildman–Crippen MR) is 44.4 cm³/mol. The van der Waals surface area contributed by atoms with Crippen LogP contribution in [0.1, 0.15) is 6.92 Å². The summed E-state index contributed by atoms with van der Waals surface area (Å²) in [5.41, 5.74) is 0. The molecular weight excluding hydrogens is 235 g/mol. The maximum Gasteiger partial charge on any atom is 0.503 e. The second-order valence-electron chi connectivity index (χ2n) is 1.01. The zero-order chi connectivity index (χ0) is 7.70. The molecule has 0 saturated carbocycles. The first-order chi connectivity index (χ1) is 4.15. The third-order valence-electron chi connectivity index (χ3n) is 0.325. The Labute approximate surface area is 67.5 Å². The highest BCUT2D eigenvalue weighted by molar-refractivity contribution is 14.1. The molecule has 2 N–H and O–H groups in total. The summed E-state index contributed by atoms with van der Waals surface area (Å²) in [5.74, 6) is 0. The summed E-state index contributed by atoms with van der Waals surface area (Å²) in [7, 11) is 0. The zero-order valence-corrected chi connectivity index (χ0v) is 7.20. The molecule has 9 heavy (non-hydrogen) atoms. The van der Waals surface area contributed by atoms with Gasteiger partial charge in [0.25, 0.3) is 0 Å². The van der Waals surface area contributed by atoms with Crippen LogP contribution in [0, 0.1) is 0 Å². The average Bonchev–Trinajstić information content (AvgIpc) is 1.66. The molecule has 0 spiro atoms. The lowest BCUT2D eigenvalue weighted by Crippen LogP contribution is -1.81. The Morgan fingerprint density at radius 2 is 2.00 bits per heavy atom. The fourth-order valence-electron chi connectivity index (χ4n) is 0.0891. The molecule has 4 heteroatoms. The van der Waals surface area contributed by atoms with Crippen molar-refractivity contribution in [3.05, 3.63) is 12.2 Å². The highest BCUT2D eigenvalue weighted by Crippen LogP contribution is 1.79. The lowest BCUT2D eigenvalue weighted by molar-refractivity contribution is 0.137.